The van der Waals surface area contributed by atoms with Gasteiger partial charge in [-0.1, -0.05) is 6.07 Å². The molecule has 5 heterocycles. The summed E-state index contributed by atoms with van der Waals surface area (Å²) in [6, 6.07) is 8.30. The summed E-state index contributed by atoms with van der Waals surface area (Å²) in [7, 11) is 0. The molecule has 10 heteroatoms. The number of morpholine rings is 1. The zero-order valence-corrected chi connectivity index (χ0v) is 19.2. The normalized spacial score (nSPS) is 21.8. The summed E-state index contributed by atoms with van der Waals surface area (Å²) in [6.45, 7) is 9.54. The standard InChI is InChI=1S/C22H28N8OS/c1-16-13-18(17(2)30(16)28-14-24-25-15-28)21-20(19-5-3-4-6-23-19)26-22(32)29(21)8-7-27-9-11-31-12-10-27/h3-6,13-15,20-21H,7-12H2,1-2H3,(H,26,32)/t20-,21-/m0/s1. The van der Waals surface area contributed by atoms with Gasteiger partial charge < -0.3 is 15.0 Å². The number of aromatic nitrogens is 5. The van der Waals surface area contributed by atoms with E-state index >= 15 is 0 Å². The maximum atomic E-state index is 5.84. The molecule has 2 aliphatic heterocycles. The summed E-state index contributed by atoms with van der Waals surface area (Å²) < 4.78 is 9.54. The molecule has 3 aromatic rings. The van der Waals surface area contributed by atoms with Crippen molar-refractivity contribution in [3.63, 3.8) is 0 Å². The van der Waals surface area contributed by atoms with Crippen LogP contribution < -0.4 is 5.32 Å². The van der Waals surface area contributed by atoms with Crippen molar-refractivity contribution < 1.29 is 4.74 Å². The molecule has 1 N–H and O–H groups in total. The molecule has 0 radical (unpaired) electrons. The van der Waals surface area contributed by atoms with E-state index in [1.54, 1.807) is 12.7 Å². The lowest BCUT2D eigenvalue weighted by Crippen LogP contribution is -2.42. The van der Waals surface area contributed by atoms with Crippen LogP contribution in [0, 0.1) is 13.8 Å². The summed E-state index contributed by atoms with van der Waals surface area (Å²) in [4.78, 5) is 9.42. The Hall–Kier alpha value is -2.82. The Kier molecular flexibility index (Phi) is 5.90. The lowest BCUT2D eigenvalue weighted by atomic mass is 9.97. The fraction of sp³-hybridized carbons (Fsp3) is 0.455. The number of aryl methyl sites for hydroxylation is 1. The van der Waals surface area contributed by atoms with E-state index in [1.165, 1.54) is 5.56 Å². The van der Waals surface area contributed by atoms with Crippen molar-refractivity contribution in [1.29, 1.82) is 0 Å². The van der Waals surface area contributed by atoms with Gasteiger partial charge in [0.25, 0.3) is 0 Å². The predicted octanol–water partition coefficient (Wildman–Crippen LogP) is 1.71. The number of ether oxygens (including phenoxy) is 1. The molecule has 168 valence electrons. The van der Waals surface area contributed by atoms with Gasteiger partial charge in [-0.05, 0) is 44.3 Å². The Morgan fingerprint density at radius 1 is 1.12 bits per heavy atom. The van der Waals surface area contributed by atoms with Crippen LogP contribution in [0.25, 0.3) is 0 Å². The van der Waals surface area contributed by atoms with E-state index in [4.69, 9.17) is 17.0 Å². The molecule has 0 spiro atoms. The number of thiocarbonyl (C=S) groups is 1. The summed E-state index contributed by atoms with van der Waals surface area (Å²) in [6.07, 6.45) is 5.27. The highest BCUT2D eigenvalue weighted by molar-refractivity contribution is 7.80. The van der Waals surface area contributed by atoms with Crippen molar-refractivity contribution in [2.75, 3.05) is 39.4 Å². The topological polar surface area (TPSA) is 76.3 Å². The van der Waals surface area contributed by atoms with Gasteiger partial charge in [0.2, 0.25) is 0 Å². The maximum Gasteiger partial charge on any atom is 0.170 e. The quantitative estimate of drug-likeness (QED) is 0.567. The Bertz CT molecular complexity index is 1060. The molecule has 0 bridgehead atoms. The number of nitrogens with one attached hydrogen (secondary N) is 1. The van der Waals surface area contributed by atoms with Crippen LogP contribution in [0.1, 0.15) is 34.7 Å². The Labute approximate surface area is 193 Å². The Balaban J connectivity index is 1.51. The molecule has 2 saturated heterocycles. The number of nitrogens with zero attached hydrogens (tertiary/aromatic N) is 7. The second-order valence-electron chi connectivity index (χ2n) is 8.25. The molecule has 0 saturated carbocycles. The molecule has 3 aromatic heterocycles. The van der Waals surface area contributed by atoms with Gasteiger partial charge in [0.1, 0.15) is 12.7 Å². The molecular formula is C22H28N8OS. The fourth-order valence-corrected chi connectivity index (χ4v) is 5.12. The van der Waals surface area contributed by atoms with Crippen molar-refractivity contribution in [3.8, 4) is 0 Å². The van der Waals surface area contributed by atoms with Crippen molar-refractivity contribution in [1.82, 2.24) is 39.7 Å². The van der Waals surface area contributed by atoms with Crippen LogP contribution in [0.5, 0.6) is 0 Å². The number of rotatable bonds is 6. The van der Waals surface area contributed by atoms with Gasteiger partial charge in [-0.3, -0.25) is 14.6 Å². The van der Waals surface area contributed by atoms with E-state index in [0.717, 1.165) is 61.6 Å². The van der Waals surface area contributed by atoms with E-state index in [0.29, 0.717) is 0 Å². The van der Waals surface area contributed by atoms with E-state index < -0.39 is 0 Å². The van der Waals surface area contributed by atoms with Gasteiger partial charge in [0.15, 0.2) is 5.11 Å². The highest BCUT2D eigenvalue weighted by Crippen LogP contribution is 2.40. The molecule has 5 rings (SSSR count). The predicted molar refractivity (Wildman–Crippen MR) is 124 cm³/mol. The second kappa shape index (κ2) is 8.97. The van der Waals surface area contributed by atoms with Crippen LogP contribution in [0.3, 0.4) is 0 Å². The lowest BCUT2D eigenvalue weighted by molar-refractivity contribution is 0.0350. The van der Waals surface area contributed by atoms with Gasteiger partial charge >= 0.3 is 0 Å². The number of pyridine rings is 1. The molecule has 0 unspecified atom stereocenters. The number of hydrogen-bond acceptors (Lipinski definition) is 6. The SMILES string of the molecule is Cc1cc([C@H]2[C@H](c3ccccn3)NC(=S)N2CCN2CCOCC2)c(C)n1-n1cnnc1. The first-order valence-electron chi connectivity index (χ1n) is 11.0. The molecule has 32 heavy (non-hydrogen) atoms. The first-order chi connectivity index (χ1) is 15.6. The molecule has 9 nitrogen and oxygen atoms in total. The van der Waals surface area contributed by atoms with Crippen LogP contribution in [-0.4, -0.2) is 78.8 Å². The highest BCUT2D eigenvalue weighted by Gasteiger charge is 2.41. The molecule has 2 atom stereocenters. The van der Waals surface area contributed by atoms with E-state index in [1.807, 2.05) is 23.0 Å². The lowest BCUT2D eigenvalue weighted by Gasteiger charge is -2.32. The second-order valence-corrected chi connectivity index (χ2v) is 8.64. The minimum atomic E-state index is -0.0248. The first-order valence-corrected chi connectivity index (χ1v) is 11.4. The molecule has 2 aliphatic rings. The molecule has 0 aromatic carbocycles. The molecular weight excluding hydrogens is 424 g/mol. The van der Waals surface area contributed by atoms with Crippen LogP contribution in [-0.2, 0) is 4.74 Å². The third-order valence-corrected chi connectivity index (χ3v) is 6.70. The average molecular weight is 453 g/mol. The van der Waals surface area contributed by atoms with Crippen molar-refractivity contribution in [3.05, 3.63) is 65.8 Å². The third-order valence-electron chi connectivity index (χ3n) is 6.35. The Morgan fingerprint density at radius 3 is 2.62 bits per heavy atom. The zero-order valence-electron chi connectivity index (χ0n) is 18.4. The summed E-state index contributed by atoms with van der Waals surface area (Å²) in [5, 5.41) is 12.3. The molecule has 0 amide bonds. The Morgan fingerprint density at radius 2 is 1.91 bits per heavy atom. The highest BCUT2D eigenvalue weighted by atomic mass is 32.1. The fourth-order valence-electron chi connectivity index (χ4n) is 4.79. The minimum absolute atomic E-state index is 0.0248. The largest absolute Gasteiger partial charge is 0.379 e. The van der Waals surface area contributed by atoms with Crippen LogP contribution in [0.4, 0.5) is 0 Å². The van der Waals surface area contributed by atoms with Crippen molar-refractivity contribution in [2.45, 2.75) is 25.9 Å². The smallest absolute Gasteiger partial charge is 0.170 e. The summed E-state index contributed by atoms with van der Waals surface area (Å²) in [5.41, 5.74) is 4.46. The third kappa shape index (κ3) is 3.89. The van der Waals surface area contributed by atoms with Gasteiger partial charge in [-0.15, -0.1) is 10.2 Å². The maximum absolute atomic E-state index is 5.84. The van der Waals surface area contributed by atoms with E-state index in [2.05, 4.69) is 61.0 Å². The summed E-state index contributed by atoms with van der Waals surface area (Å²) in [5.74, 6) is 0. The monoisotopic (exact) mass is 452 g/mol. The van der Waals surface area contributed by atoms with Crippen molar-refractivity contribution >= 4 is 17.3 Å². The molecule has 2 fully saturated rings. The van der Waals surface area contributed by atoms with Crippen LogP contribution >= 0.6 is 12.2 Å². The van der Waals surface area contributed by atoms with Gasteiger partial charge in [0, 0.05) is 49.3 Å². The first kappa shape index (κ1) is 21.0. The van der Waals surface area contributed by atoms with Gasteiger partial charge in [-0.2, -0.15) is 0 Å². The van der Waals surface area contributed by atoms with E-state index in [-0.39, 0.29) is 12.1 Å². The minimum Gasteiger partial charge on any atom is -0.379 e. The van der Waals surface area contributed by atoms with E-state index in [9.17, 15) is 0 Å². The summed E-state index contributed by atoms with van der Waals surface area (Å²) >= 11 is 5.84. The number of hydrogen-bond donors (Lipinski definition) is 1. The van der Waals surface area contributed by atoms with Gasteiger partial charge in [-0.25, -0.2) is 4.68 Å². The van der Waals surface area contributed by atoms with Gasteiger partial charge in [0.05, 0.1) is 31.0 Å². The average Bonchev–Trinajstić information content (AvgIpc) is 3.52. The zero-order chi connectivity index (χ0) is 22.1. The molecule has 0 aliphatic carbocycles. The van der Waals surface area contributed by atoms with Crippen LogP contribution in [0.15, 0.2) is 43.1 Å². The van der Waals surface area contributed by atoms with Crippen LogP contribution in [0.2, 0.25) is 0 Å². The van der Waals surface area contributed by atoms with Crippen molar-refractivity contribution in [2.24, 2.45) is 0 Å².